The SMILES string of the molecule is CN(C)C(=O)c1cnn2ccnc2c1. The van der Waals surface area contributed by atoms with Gasteiger partial charge in [0.1, 0.15) is 0 Å². The first kappa shape index (κ1) is 8.68. The number of hydrogen-bond acceptors (Lipinski definition) is 3. The van der Waals surface area contributed by atoms with Gasteiger partial charge in [-0.1, -0.05) is 0 Å². The van der Waals surface area contributed by atoms with E-state index in [1.54, 1.807) is 37.1 Å². The zero-order chi connectivity index (χ0) is 10.1. The van der Waals surface area contributed by atoms with Crippen LogP contribution in [0.1, 0.15) is 10.4 Å². The lowest BCUT2D eigenvalue weighted by Gasteiger charge is -2.09. The van der Waals surface area contributed by atoms with E-state index in [0.29, 0.717) is 11.2 Å². The Morgan fingerprint density at radius 1 is 1.50 bits per heavy atom. The molecule has 0 aromatic carbocycles. The Labute approximate surface area is 81.0 Å². The normalized spacial score (nSPS) is 10.4. The number of hydrogen-bond donors (Lipinski definition) is 0. The van der Waals surface area contributed by atoms with Crippen molar-refractivity contribution in [2.24, 2.45) is 0 Å². The summed E-state index contributed by atoms with van der Waals surface area (Å²) in [5.74, 6) is -0.0667. The highest BCUT2D eigenvalue weighted by molar-refractivity contribution is 5.94. The molecule has 2 rings (SSSR count). The molecular weight excluding hydrogens is 180 g/mol. The summed E-state index contributed by atoms with van der Waals surface area (Å²) >= 11 is 0. The van der Waals surface area contributed by atoms with E-state index in [0.717, 1.165) is 0 Å². The second kappa shape index (κ2) is 3.10. The van der Waals surface area contributed by atoms with Crippen molar-refractivity contribution < 1.29 is 4.79 Å². The molecule has 0 aliphatic heterocycles. The van der Waals surface area contributed by atoms with Crippen LogP contribution in [0.2, 0.25) is 0 Å². The zero-order valence-electron chi connectivity index (χ0n) is 8.01. The number of nitrogens with zero attached hydrogens (tertiary/aromatic N) is 4. The second-order valence-electron chi connectivity index (χ2n) is 3.17. The summed E-state index contributed by atoms with van der Waals surface area (Å²) in [6.07, 6.45) is 4.92. The van der Waals surface area contributed by atoms with E-state index in [9.17, 15) is 4.79 Å². The van der Waals surface area contributed by atoms with E-state index in [1.165, 1.54) is 11.1 Å². The van der Waals surface area contributed by atoms with E-state index in [-0.39, 0.29) is 5.91 Å². The molecule has 1 amide bonds. The fraction of sp³-hybridized carbons (Fsp3) is 0.222. The number of fused-ring (bicyclic) bond motifs is 1. The van der Waals surface area contributed by atoms with E-state index in [1.807, 2.05) is 0 Å². The van der Waals surface area contributed by atoms with Crippen LogP contribution in [0.3, 0.4) is 0 Å². The Morgan fingerprint density at radius 2 is 2.29 bits per heavy atom. The van der Waals surface area contributed by atoms with Crippen LogP contribution in [0.5, 0.6) is 0 Å². The first-order valence-electron chi connectivity index (χ1n) is 4.19. The maximum Gasteiger partial charge on any atom is 0.255 e. The van der Waals surface area contributed by atoms with Gasteiger partial charge in [0.2, 0.25) is 0 Å². The van der Waals surface area contributed by atoms with Crippen LogP contribution in [0.4, 0.5) is 0 Å². The molecule has 0 atom stereocenters. The maximum atomic E-state index is 11.6. The van der Waals surface area contributed by atoms with Gasteiger partial charge in [-0.05, 0) is 6.07 Å². The molecule has 0 N–H and O–H groups in total. The minimum Gasteiger partial charge on any atom is -0.345 e. The van der Waals surface area contributed by atoms with Crippen molar-refractivity contribution >= 4 is 11.6 Å². The summed E-state index contributed by atoms with van der Waals surface area (Å²) in [6, 6.07) is 1.72. The molecule has 0 saturated carbocycles. The number of carbonyl (C=O) groups excluding carboxylic acids is 1. The monoisotopic (exact) mass is 190 g/mol. The van der Waals surface area contributed by atoms with Crippen LogP contribution in [0, 0.1) is 0 Å². The van der Waals surface area contributed by atoms with E-state index < -0.39 is 0 Å². The summed E-state index contributed by atoms with van der Waals surface area (Å²) < 4.78 is 1.62. The first-order valence-corrected chi connectivity index (χ1v) is 4.19. The molecule has 2 aromatic rings. The molecule has 2 aromatic heterocycles. The third-order valence-electron chi connectivity index (χ3n) is 1.91. The highest BCUT2D eigenvalue weighted by atomic mass is 16.2. The van der Waals surface area contributed by atoms with Gasteiger partial charge in [0.05, 0.1) is 11.8 Å². The Balaban J connectivity index is 2.48. The van der Waals surface area contributed by atoms with Crippen molar-refractivity contribution in [1.82, 2.24) is 19.5 Å². The highest BCUT2D eigenvalue weighted by Crippen LogP contribution is 2.04. The van der Waals surface area contributed by atoms with Gasteiger partial charge in [-0.15, -0.1) is 0 Å². The topological polar surface area (TPSA) is 50.5 Å². The van der Waals surface area contributed by atoms with Gasteiger partial charge in [-0.25, -0.2) is 9.50 Å². The predicted molar refractivity (Wildman–Crippen MR) is 51.0 cm³/mol. The second-order valence-corrected chi connectivity index (χ2v) is 3.17. The number of rotatable bonds is 1. The molecule has 0 fully saturated rings. The van der Waals surface area contributed by atoms with Crippen molar-refractivity contribution in [3.8, 4) is 0 Å². The average molecular weight is 190 g/mol. The summed E-state index contributed by atoms with van der Waals surface area (Å²) in [4.78, 5) is 17.1. The number of aromatic nitrogens is 3. The van der Waals surface area contributed by atoms with Gasteiger partial charge in [0.15, 0.2) is 5.65 Å². The minimum atomic E-state index is -0.0667. The standard InChI is InChI=1S/C9H10N4O/c1-12(2)9(14)7-5-8-10-3-4-13(8)11-6-7/h3-6H,1-2H3. The van der Waals surface area contributed by atoms with Crippen molar-refractivity contribution in [2.45, 2.75) is 0 Å². The molecule has 0 unspecified atom stereocenters. The minimum absolute atomic E-state index is 0.0667. The fourth-order valence-corrected chi connectivity index (χ4v) is 1.19. The molecule has 14 heavy (non-hydrogen) atoms. The van der Waals surface area contributed by atoms with Gasteiger partial charge in [0, 0.05) is 26.5 Å². The van der Waals surface area contributed by atoms with Crippen LogP contribution in [0.25, 0.3) is 5.65 Å². The van der Waals surface area contributed by atoms with Gasteiger partial charge >= 0.3 is 0 Å². The third kappa shape index (κ3) is 1.32. The van der Waals surface area contributed by atoms with Crippen LogP contribution < -0.4 is 0 Å². The molecule has 0 spiro atoms. The third-order valence-corrected chi connectivity index (χ3v) is 1.91. The lowest BCUT2D eigenvalue weighted by molar-refractivity contribution is 0.0827. The van der Waals surface area contributed by atoms with Crippen molar-refractivity contribution in [2.75, 3.05) is 14.1 Å². The molecule has 0 saturated heterocycles. The molecule has 0 aliphatic carbocycles. The fourth-order valence-electron chi connectivity index (χ4n) is 1.19. The first-order chi connectivity index (χ1) is 6.68. The lowest BCUT2D eigenvalue weighted by atomic mass is 10.3. The van der Waals surface area contributed by atoms with Gasteiger partial charge in [-0.3, -0.25) is 4.79 Å². The van der Waals surface area contributed by atoms with Crippen LogP contribution in [-0.4, -0.2) is 39.5 Å². The molecule has 0 radical (unpaired) electrons. The smallest absolute Gasteiger partial charge is 0.255 e. The van der Waals surface area contributed by atoms with E-state index in [2.05, 4.69) is 10.1 Å². The Bertz CT molecular complexity index is 474. The van der Waals surface area contributed by atoms with Crippen LogP contribution in [0.15, 0.2) is 24.7 Å². The summed E-state index contributed by atoms with van der Waals surface area (Å²) in [7, 11) is 3.41. The summed E-state index contributed by atoms with van der Waals surface area (Å²) in [6.45, 7) is 0. The Kier molecular flexibility index (Phi) is 1.92. The molecule has 0 aliphatic rings. The van der Waals surface area contributed by atoms with Crippen LogP contribution in [-0.2, 0) is 0 Å². The Hall–Kier alpha value is -1.91. The predicted octanol–water partition coefficient (Wildman–Crippen LogP) is 0.431. The molecule has 0 bridgehead atoms. The maximum absolute atomic E-state index is 11.6. The van der Waals surface area contributed by atoms with Crippen LogP contribution >= 0.6 is 0 Å². The van der Waals surface area contributed by atoms with Crippen molar-refractivity contribution in [3.05, 3.63) is 30.2 Å². The molecular formula is C9H10N4O. The zero-order valence-corrected chi connectivity index (χ0v) is 8.01. The lowest BCUT2D eigenvalue weighted by Crippen LogP contribution is -2.22. The number of carbonyl (C=O) groups is 1. The molecule has 2 heterocycles. The average Bonchev–Trinajstić information content (AvgIpc) is 2.62. The van der Waals surface area contributed by atoms with E-state index >= 15 is 0 Å². The van der Waals surface area contributed by atoms with Crippen molar-refractivity contribution in [1.29, 1.82) is 0 Å². The number of imidazole rings is 1. The quantitative estimate of drug-likeness (QED) is 0.655. The molecule has 72 valence electrons. The largest absolute Gasteiger partial charge is 0.345 e. The summed E-state index contributed by atoms with van der Waals surface area (Å²) in [5, 5.41) is 4.05. The van der Waals surface area contributed by atoms with Crippen molar-refractivity contribution in [3.63, 3.8) is 0 Å². The Morgan fingerprint density at radius 3 is 3.00 bits per heavy atom. The van der Waals surface area contributed by atoms with Gasteiger partial charge in [0.25, 0.3) is 5.91 Å². The van der Waals surface area contributed by atoms with E-state index in [4.69, 9.17) is 0 Å². The van der Waals surface area contributed by atoms with Gasteiger partial charge in [-0.2, -0.15) is 5.10 Å². The number of amides is 1. The van der Waals surface area contributed by atoms with Gasteiger partial charge < -0.3 is 4.90 Å². The summed E-state index contributed by atoms with van der Waals surface area (Å²) in [5.41, 5.74) is 1.23. The highest BCUT2D eigenvalue weighted by Gasteiger charge is 2.09. The molecule has 5 nitrogen and oxygen atoms in total. The molecule has 5 heteroatoms.